The number of anilines is 1. The SMILES string of the molecule is Cc1nc(N2CCOCC2)cc(-n2ncc3cc(C)c([C@H]4CCN(C5CCOC5)C[C@H]4F)cc32)n1. The van der Waals surface area contributed by atoms with Gasteiger partial charge in [-0.25, -0.2) is 19.0 Å². The zero-order chi connectivity index (χ0) is 23.9. The van der Waals surface area contributed by atoms with Crippen molar-refractivity contribution in [1.82, 2.24) is 24.6 Å². The molecule has 3 aliphatic heterocycles. The molecule has 1 aromatic carbocycles. The van der Waals surface area contributed by atoms with Crippen LogP contribution in [0.2, 0.25) is 0 Å². The lowest BCUT2D eigenvalue weighted by Gasteiger charge is -2.38. The molecule has 3 aliphatic rings. The summed E-state index contributed by atoms with van der Waals surface area (Å²) in [5.74, 6) is 2.21. The van der Waals surface area contributed by atoms with E-state index in [1.165, 1.54) is 0 Å². The van der Waals surface area contributed by atoms with Crippen LogP contribution in [0.3, 0.4) is 0 Å². The number of nitrogens with zero attached hydrogens (tertiary/aromatic N) is 6. The number of rotatable bonds is 4. The molecule has 1 unspecified atom stereocenters. The van der Waals surface area contributed by atoms with Crippen LogP contribution in [0.1, 0.15) is 35.7 Å². The van der Waals surface area contributed by atoms with Gasteiger partial charge in [0.2, 0.25) is 0 Å². The van der Waals surface area contributed by atoms with E-state index in [0.717, 1.165) is 79.4 Å². The molecular formula is C26H33FN6O2. The molecule has 6 rings (SSSR count). The molecule has 186 valence electrons. The van der Waals surface area contributed by atoms with Crippen LogP contribution >= 0.6 is 0 Å². The van der Waals surface area contributed by atoms with Crippen LogP contribution < -0.4 is 4.90 Å². The second-order valence-electron chi connectivity index (χ2n) is 9.98. The molecule has 0 amide bonds. The molecule has 0 bridgehead atoms. The van der Waals surface area contributed by atoms with Crippen LogP contribution in [0, 0.1) is 13.8 Å². The summed E-state index contributed by atoms with van der Waals surface area (Å²) in [4.78, 5) is 13.9. The van der Waals surface area contributed by atoms with Gasteiger partial charge in [-0.05, 0) is 56.5 Å². The average Bonchev–Trinajstić information content (AvgIpc) is 3.54. The number of benzene rings is 1. The summed E-state index contributed by atoms with van der Waals surface area (Å²) in [7, 11) is 0. The Kier molecular flexibility index (Phi) is 6.16. The normalized spacial score (nSPS) is 26.0. The van der Waals surface area contributed by atoms with Crippen LogP contribution in [-0.2, 0) is 9.47 Å². The fourth-order valence-corrected chi connectivity index (χ4v) is 5.81. The van der Waals surface area contributed by atoms with Gasteiger partial charge in [0, 0.05) is 49.7 Å². The maximum atomic E-state index is 15.5. The van der Waals surface area contributed by atoms with E-state index in [4.69, 9.17) is 14.5 Å². The van der Waals surface area contributed by atoms with Gasteiger partial charge in [-0.2, -0.15) is 5.10 Å². The highest BCUT2D eigenvalue weighted by molar-refractivity contribution is 5.82. The van der Waals surface area contributed by atoms with Crippen LogP contribution in [0.25, 0.3) is 16.7 Å². The number of hydrogen-bond acceptors (Lipinski definition) is 7. The third kappa shape index (κ3) is 4.41. The largest absolute Gasteiger partial charge is 0.380 e. The maximum Gasteiger partial charge on any atom is 0.159 e. The van der Waals surface area contributed by atoms with Gasteiger partial charge in [0.1, 0.15) is 17.8 Å². The van der Waals surface area contributed by atoms with Gasteiger partial charge in [-0.1, -0.05) is 0 Å². The summed E-state index contributed by atoms with van der Waals surface area (Å²) >= 11 is 0. The molecule has 2 aromatic heterocycles. The minimum absolute atomic E-state index is 0.114. The summed E-state index contributed by atoms with van der Waals surface area (Å²) in [5.41, 5.74) is 3.15. The monoisotopic (exact) mass is 480 g/mol. The maximum absolute atomic E-state index is 15.5. The van der Waals surface area contributed by atoms with Crippen molar-refractivity contribution in [3.63, 3.8) is 0 Å². The average molecular weight is 481 g/mol. The number of likely N-dealkylation sites (tertiary alicyclic amines) is 1. The van der Waals surface area contributed by atoms with Gasteiger partial charge in [0.25, 0.3) is 0 Å². The molecule has 9 heteroatoms. The minimum Gasteiger partial charge on any atom is -0.380 e. The van der Waals surface area contributed by atoms with E-state index < -0.39 is 6.17 Å². The molecule has 0 saturated carbocycles. The Bertz CT molecular complexity index is 1200. The van der Waals surface area contributed by atoms with Crippen LogP contribution in [-0.4, -0.2) is 89.5 Å². The number of halogens is 1. The molecular weight excluding hydrogens is 447 g/mol. The van der Waals surface area contributed by atoms with Crippen LogP contribution in [0.4, 0.5) is 10.2 Å². The molecule has 35 heavy (non-hydrogen) atoms. The van der Waals surface area contributed by atoms with Crippen LogP contribution in [0.5, 0.6) is 0 Å². The van der Waals surface area contributed by atoms with E-state index >= 15 is 4.39 Å². The van der Waals surface area contributed by atoms with E-state index in [2.05, 4.69) is 38.9 Å². The van der Waals surface area contributed by atoms with Gasteiger partial charge in [0.05, 0.1) is 31.5 Å². The third-order valence-corrected chi connectivity index (χ3v) is 7.71. The van der Waals surface area contributed by atoms with E-state index in [1.807, 2.05) is 23.9 Å². The number of aryl methyl sites for hydroxylation is 2. The van der Waals surface area contributed by atoms with Crippen molar-refractivity contribution in [2.24, 2.45) is 0 Å². The topological polar surface area (TPSA) is 68.5 Å². The number of hydrogen-bond donors (Lipinski definition) is 0. The number of piperidine rings is 1. The van der Waals surface area contributed by atoms with Crippen molar-refractivity contribution < 1.29 is 13.9 Å². The highest BCUT2D eigenvalue weighted by atomic mass is 19.1. The lowest BCUT2D eigenvalue weighted by molar-refractivity contribution is 0.0728. The van der Waals surface area contributed by atoms with E-state index in [9.17, 15) is 0 Å². The Morgan fingerprint density at radius 2 is 1.77 bits per heavy atom. The summed E-state index contributed by atoms with van der Waals surface area (Å²) in [5, 5.41) is 5.70. The molecule has 8 nitrogen and oxygen atoms in total. The van der Waals surface area contributed by atoms with Crippen molar-refractivity contribution in [3.8, 4) is 5.82 Å². The molecule has 5 heterocycles. The number of morpholine rings is 1. The number of alkyl halides is 1. The van der Waals surface area contributed by atoms with Crippen molar-refractivity contribution in [1.29, 1.82) is 0 Å². The molecule has 0 radical (unpaired) electrons. The first kappa shape index (κ1) is 22.8. The number of ether oxygens (including phenoxy) is 2. The summed E-state index contributed by atoms with van der Waals surface area (Å²) < 4.78 is 28.4. The Morgan fingerprint density at radius 3 is 2.54 bits per heavy atom. The third-order valence-electron chi connectivity index (χ3n) is 7.71. The van der Waals surface area contributed by atoms with Gasteiger partial charge in [-0.15, -0.1) is 0 Å². The van der Waals surface area contributed by atoms with Crippen molar-refractivity contribution >= 4 is 16.7 Å². The predicted octanol–water partition coefficient (Wildman–Crippen LogP) is 3.19. The highest BCUT2D eigenvalue weighted by Gasteiger charge is 2.35. The lowest BCUT2D eigenvalue weighted by atomic mass is 9.84. The first-order chi connectivity index (χ1) is 17.1. The van der Waals surface area contributed by atoms with Crippen molar-refractivity contribution in [2.45, 2.75) is 44.8 Å². The summed E-state index contributed by atoms with van der Waals surface area (Å²) in [6.45, 7) is 9.90. The molecule has 0 spiro atoms. The second kappa shape index (κ2) is 9.44. The molecule has 3 aromatic rings. The Balaban J connectivity index is 1.32. The quantitative estimate of drug-likeness (QED) is 0.568. The Hall–Kier alpha value is -2.62. The fraction of sp³-hybridized carbons (Fsp3) is 0.577. The van der Waals surface area contributed by atoms with E-state index in [1.54, 1.807) is 0 Å². The van der Waals surface area contributed by atoms with Crippen molar-refractivity contribution in [2.75, 3.05) is 57.5 Å². The zero-order valence-corrected chi connectivity index (χ0v) is 20.5. The first-order valence-electron chi connectivity index (χ1n) is 12.7. The zero-order valence-electron chi connectivity index (χ0n) is 20.5. The highest BCUT2D eigenvalue weighted by Crippen LogP contribution is 2.36. The summed E-state index contributed by atoms with van der Waals surface area (Å²) in [6.07, 6.45) is 2.79. The van der Waals surface area contributed by atoms with E-state index in [0.29, 0.717) is 31.6 Å². The van der Waals surface area contributed by atoms with Gasteiger partial charge < -0.3 is 14.4 Å². The van der Waals surface area contributed by atoms with Crippen molar-refractivity contribution in [3.05, 3.63) is 41.3 Å². The first-order valence-corrected chi connectivity index (χ1v) is 12.7. The second-order valence-corrected chi connectivity index (χ2v) is 9.98. The predicted molar refractivity (Wildman–Crippen MR) is 132 cm³/mol. The standard InChI is InChI=1S/C26H33FN6O2/c1-17-11-19-14-28-33(26-13-25(29-18(2)30-26)31-6-9-34-10-7-31)24(19)12-22(17)21-3-5-32(15-23(21)27)20-4-8-35-16-20/h11-14,20-21,23H,3-10,15-16H2,1-2H3/t20?,21-,23-/m1/s1. The number of aromatic nitrogens is 4. The molecule has 0 N–H and O–H groups in total. The fourth-order valence-electron chi connectivity index (χ4n) is 5.81. The Labute approximate surface area is 205 Å². The van der Waals surface area contributed by atoms with Gasteiger partial charge >= 0.3 is 0 Å². The summed E-state index contributed by atoms with van der Waals surface area (Å²) in [6, 6.07) is 6.62. The minimum atomic E-state index is -0.897. The van der Waals surface area contributed by atoms with Gasteiger partial charge in [0.15, 0.2) is 5.82 Å². The molecule has 3 saturated heterocycles. The van der Waals surface area contributed by atoms with E-state index in [-0.39, 0.29) is 5.92 Å². The van der Waals surface area contributed by atoms with Gasteiger partial charge in [-0.3, -0.25) is 4.90 Å². The smallest absolute Gasteiger partial charge is 0.159 e. The Morgan fingerprint density at radius 1 is 0.943 bits per heavy atom. The number of fused-ring (bicyclic) bond motifs is 1. The molecule has 3 fully saturated rings. The van der Waals surface area contributed by atoms with Crippen LogP contribution in [0.15, 0.2) is 24.4 Å². The molecule has 0 aliphatic carbocycles. The lowest BCUT2D eigenvalue weighted by Crippen LogP contribution is -2.46. The molecule has 3 atom stereocenters.